The maximum Gasteiger partial charge on any atom is 0.266 e. The lowest BCUT2D eigenvalue weighted by Crippen LogP contribution is -2.41. The number of hydrogen-bond donors (Lipinski definition) is 1. The maximum atomic E-state index is 11.8. The predicted octanol–water partition coefficient (Wildman–Crippen LogP) is 2.21. The Balaban J connectivity index is 2.37. The van der Waals surface area contributed by atoms with Gasteiger partial charge >= 0.3 is 0 Å². The first-order valence-corrected chi connectivity index (χ1v) is 6.85. The van der Waals surface area contributed by atoms with Crippen LogP contribution in [0.25, 0.3) is 11.3 Å². The summed E-state index contributed by atoms with van der Waals surface area (Å²) in [6, 6.07) is 11.5. The van der Waals surface area contributed by atoms with E-state index in [1.54, 1.807) is 12.1 Å². The molecular weight excluding hydrogens is 250 g/mol. The maximum absolute atomic E-state index is 11.8. The Morgan fingerprint density at radius 1 is 1.15 bits per heavy atom. The standard InChI is InChI=1S/C16H21N3O/c1-4-12-5-7-13(8-6-12)14-9-10-15(20)19(18-14)11-16(2,3)17/h5-10H,4,11,17H2,1-3H3. The van der Waals surface area contributed by atoms with Gasteiger partial charge in [0.25, 0.3) is 5.56 Å². The molecule has 0 amide bonds. The molecule has 0 saturated carbocycles. The number of aromatic nitrogens is 2. The summed E-state index contributed by atoms with van der Waals surface area (Å²) in [7, 11) is 0. The van der Waals surface area contributed by atoms with E-state index in [1.165, 1.54) is 10.2 Å². The van der Waals surface area contributed by atoms with E-state index in [0.29, 0.717) is 6.54 Å². The van der Waals surface area contributed by atoms with Gasteiger partial charge in [-0.25, -0.2) is 4.68 Å². The third-order valence-electron chi connectivity index (χ3n) is 3.08. The molecule has 0 aliphatic carbocycles. The molecule has 4 heteroatoms. The molecule has 2 rings (SSSR count). The third kappa shape index (κ3) is 3.54. The van der Waals surface area contributed by atoms with Crippen LogP contribution in [0.3, 0.4) is 0 Å². The second-order valence-corrected chi connectivity index (χ2v) is 5.75. The summed E-state index contributed by atoms with van der Waals surface area (Å²) in [5.41, 5.74) is 8.44. The van der Waals surface area contributed by atoms with Crippen LogP contribution in [0.4, 0.5) is 0 Å². The van der Waals surface area contributed by atoms with Crippen molar-refractivity contribution in [3.05, 3.63) is 52.3 Å². The van der Waals surface area contributed by atoms with Gasteiger partial charge in [0.15, 0.2) is 0 Å². The molecule has 1 heterocycles. The van der Waals surface area contributed by atoms with E-state index in [-0.39, 0.29) is 5.56 Å². The highest BCUT2D eigenvalue weighted by atomic mass is 16.1. The average molecular weight is 271 g/mol. The van der Waals surface area contributed by atoms with E-state index in [0.717, 1.165) is 17.7 Å². The highest BCUT2D eigenvalue weighted by Crippen LogP contribution is 2.16. The molecule has 2 aromatic rings. The molecule has 0 unspecified atom stereocenters. The lowest BCUT2D eigenvalue weighted by Gasteiger charge is -2.19. The first kappa shape index (κ1) is 14.5. The van der Waals surface area contributed by atoms with Crippen molar-refractivity contribution in [2.24, 2.45) is 5.73 Å². The van der Waals surface area contributed by atoms with Crippen LogP contribution in [-0.4, -0.2) is 15.3 Å². The topological polar surface area (TPSA) is 60.9 Å². The van der Waals surface area contributed by atoms with Gasteiger partial charge in [0.05, 0.1) is 12.2 Å². The van der Waals surface area contributed by atoms with Crippen LogP contribution in [-0.2, 0) is 13.0 Å². The highest BCUT2D eigenvalue weighted by Gasteiger charge is 2.14. The van der Waals surface area contributed by atoms with Gasteiger partial charge in [-0.1, -0.05) is 31.2 Å². The molecule has 0 fully saturated rings. The summed E-state index contributed by atoms with van der Waals surface area (Å²) in [4.78, 5) is 11.8. The van der Waals surface area contributed by atoms with E-state index >= 15 is 0 Å². The zero-order valence-corrected chi connectivity index (χ0v) is 12.3. The number of rotatable bonds is 4. The number of nitrogens with two attached hydrogens (primary N) is 1. The molecule has 1 aromatic heterocycles. The van der Waals surface area contributed by atoms with Gasteiger partial charge in [-0.3, -0.25) is 4.79 Å². The second-order valence-electron chi connectivity index (χ2n) is 5.75. The van der Waals surface area contributed by atoms with Crippen molar-refractivity contribution in [3.63, 3.8) is 0 Å². The first-order chi connectivity index (χ1) is 9.39. The fourth-order valence-corrected chi connectivity index (χ4v) is 2.01. The quantitative estimate of drug-likeness (QED) is 0.927. The summed E-state index contributed by atoms with van der Waals surface area (Å²) in [6.07, 6.45) is 1.01. The van der Waals surface area contributed by atoms with E-state index in [2.05, 4.69) is 24.2 Å². The Labute approximate surface area is 119 Å². The van der Waals surface area contributed by atoms with E-state index in [1.807, 2.05) is 26.0 Å². The molecule has 0 atom stereocenters. The summed E-state index contributed by atoms with van der Waals surface area (Å²) < 4.78 is 1.43. The van der Waals surface area contributed by atoms with Crippen molar-refractivity contribution < 1.29 is 0 Å². The molecule has 0 radical (unpaired) electrons. The Bertz CT molecular complexity index is 636. The van der Waals surface area contributed by atoms with Gasteiger partial charge in [0.1, 0.15) is 0 Å². The Hall–Kier alpha value is -1.94. The van der Waals surface area contributed by atoms with Crippen LogP contribution in [0.1, 0.15) is 26.3 Å². The fourth-order valence-electron chi connectivity index (χ4n) is 2.01. The Morgan fingerprint density at radius 2 is 1.80 bits per heavy atom. The van der Waals surface area contributed by atoms with Gasteiger partial charge in [-0.15, -0.1) is 0 Å². The summed E-state index contributed by atoms with van der Waals surface area (Å²) >= 11 is 0. The highest BCUT2D eigenvalue weighted by molar-refractivity contribution is 5.58. The molecule has 1 aromatic carbocycles. The van der Waals surface area contributed by atoms with Gasteiger partial charge in [0, 0.05) is 17.2 Å². The third-order valence-corrected chi connectivity index (χ3v) is 3.08. The first-order valence-electron chi connectivity index (χ1n) is 6.85. The lowest BCUT2D eigenvalue weighted by molar-refractivity contribution is 0.397. The van der Waals surface area contributed by atoms with E-state index in [4.69, 9.17) is 5.73 Å². The van der Waals surface area contributed by atoms with Crippen molar-refractivity contribution in [3.8, 4) is 11.3 Å². The number of hydrogen-bond acceptors (Lipinski definition) is 3. The number of benzene rings is 1. The van der Waals surface area contributed by atoms with Crippen LogP contribution >= 0.6 is 0 Å². The van der Waals surface area contributed by atoms with Crippen LogP contribution in [0.15, 0.2) is 41.2 Å². The zero-order chi connectivity index (χ0) is 14.8. The number of nitrogens with zero attached hydrogens (tertiary/aromatic N) is 2. The fraction of sp³-hybridized carbons (Fsp3) is 0.375. The summed E-state index contributed by atoms with van der Waals surface area (Å²) in [5.74, 6) is 0. The molecule has 0 aliphatic heterocycles. The average Bonchev–Trinajstić information content (AvgIpc) is 2.40. The van der Waals surface area contributed by atoms with Crippen molar-refractivity contribution in [2.75, 3.05) is 0 Å². The van der Waals surface area contributed by atoms with Crippen molar-refractivity contribution in [1.82, 2.24) is 9.78 Å². The molecule has 0 saturated heterocycles. The lowest BCUT2D eigenvalue weighted by atomic mass is 10.1. The summed E-state index contributed by atoms with van der Waals surface area (Å²) in [6.45, 7) is 6.27. The van der Waals surface area contributed by atoms with Crippen LogP contribution < -0.4 is 11.3 Å². The van der Waals surface area contributed by atoms with Crippen molar-refractivity contribution in [2.45, 2.75) is 39.3 Å². The Morgan fingerprint density at radius 3 is 2.35 bits per heavy atom. The largest absolute Gasteiger partial charge is 0.324 e. The molecule has 2 N–H and O–H groups in total. The van der Waals surface area contributed by atoms with E-state index < -0.39 is 5.54 Å². The molecule has 4 nitrogen and oxygen atoms in total. The van der Waals surface area contributed by atoms with Crippen LogP contribution in [0, 0.1) is 0 Å². The van der Waals surface area contributed by atoms with Crippen molar-refractivity contribution in [1.29, 1.82) is 0 Å². The summed E-state index contributed by atoms with van der Waals surface area (Å²) in [5, 5.41) is 4.41. The molecule has 0 spiro atoms. The molecular formula is C16H21N3O. The van der Waals surface area contributed by atoms with Crippen LogP contribution in [0.2, 0.25) is 0 Å². The zero-order valence-electron chi connectivity index (χ0n) is 12.3. The van der Waals surface area contributed by atoms with Gasteiger partial charge in [0.2, 0.25) is 0 Å². The molecule has 0 bridgehead atoms. The monoisotopic (exact) mass is 271 g/mol. The minimum Gasteiger partial charge on any atom is -0.324 e. The normalized spacial score (nSPS) is 11.6. The van der Waals surface area contributed by atoms with Gasteiger partial charge in [-0.05, 0) is 31.9 Å². The van der Waals surface area contributed by atoms with Crippen molar-refractivity contribution >= 4 is 0 Å². The van der Waals surface area contributed by atoms with Crippen LogP contribution in [0.5, 0.6) is 0 Å². The molecule has 106 valence electrons. The second kappa shape index (κ2) is 5.59. The van der Waals surface area contributed by atoms with Gasteiger partial charge < -0.3 is 5.73 Å². The number of aryl methyl sites for hydroxylation is 1. The predicted molar refractivity (Wildman–Crippen MR) is 81.6 cm³/mol. The minimum absolute atomic E-state index is 0.127. The minimum atomic E-state index is -0.471. The molecule has 0 aliphatic rings. The smallest absolute Gasteiger partial charge is 0.266 e. The van der Waals surface area contributed by atoms with Gasteiger partial charge in [-0.2, -0.15) is 5.10 Å². The van der Waals surface area contributed by atoms with E-state index in [9.17, 15) is 4.79 Å². The Kier molecular flexibility index (Phi) is 4.04. The SMILES string of the molecule is CCc1ccc(-c2ccc(=O)n(CC(C)(C)N)n2)cc1. The molecule has 20 heavy (non-hydrogen) atoms.